The Hall–Kier alpha value is -6.34. The third-order valence-corrected chi connectivity index (χ3v) is 8.73. The topological polar surface area (TPSA) is 155 Å². The van der Waals surface area contributed by atoms with Crippen LogP contribution in [0.5, 0.6) is 11.5 Å². The fourth-order valence-electron chi connectivity index (χ4n) is 6.12. The van der Waals surface area contributed by atoms with Crippen molar-refractivity contribution in [2.24, 2.45) is 0 Å². The number of Topliss-reactive ketones (excluding diaryl/α,β-unsaturated/α-hetero) is 1. The van der Waals surface area contributed by atoms with E-state index in [0.717, 1.165) is 45.8 Å². The van der Waals surface area contributed by atoms with E-state index in [2.05, 4.69) is 20.2 Å². The second-order valence-corrected chi connectivity index (χ2v) is 12.3. The number of ether oxygens (including phenoxy) is 2. The lowest BCUT2D eigenvalue weighted by Gasteiger charge is -2.34. The number of hydrogen-bond donors (Lipinski definition) is 0. The van der Waals surface area contributed by atoms with Crippen LogP contribution in [0.4, 0.5) is 26.3 Å². The molecule has 1 saturated carbocycles. The Kier molecular flexibility index (Phi) is 9.28. The van der Waals surface area contributed by atoms with Crippen LogP contribution in [-0.2, 0) is 17.5 Å². The Labute approximate surface area is 299 Å². The summed E-state index contributed by atoms with van der Waals surface area (Å²) in [6.45, 7) is -2.62. The van der Waals surface area contributed by atoms with E-state index in [0.29, 0.717) is 6.42 Å². The quantitative estimate of drug-likeness (QED) is 0.152. The molecule has 2 unspecified atom stereocenters. The van der Waals surface area contributed by atoms with Gasteiger partial charge >= 0.3 is 12.4 Å². The summed E-state index contributed by atoms with van der Waals surface area (Å²) in [6.07, 6.45) is -4.97. The molecule has 2 amide bonds. The van der Waals surface area contributed by atoms with Crippen LogP contribution in [0.1, 0.15) is 33.0 Å². The maximum absolute atomic E-state index is 14.3. The molecule has 20 heteroatoms. The number of fused-ring (bicyclic) bond motifs is 2. The van der Waals surface area contributed by atoms with Crippen molar-refractivity contribution in [3.8, 4) is 17.2 Å². The van der Waals surface area contributed by atoms with E-state index in [1.807, 2.05) is 0 Å². The number of ketones is 1. The van der Waals surface area contributed by atoms with Crippen molar-refractivity contribution in [2.75, 3.05) is 26.3 Å². The molecule has 1 aliphatic carbocycles. The van der Waals surface area contributed by atoms with Crippen LogP contribution in [0.15, 0.2) is 78.0 Å². The molecule has 2 fully saturated rings. The van der Waals surface area contributed by atoms with Crippen LogP contribution in [0.2, 0.25) is 0 Å². The molecule has 0 radical (unpaired) electrons. The van der Waals surface area contributed by atoms with Gasteiger partial charge in [-0.25, -0.2) is 9.97 Å². The van der Waals surface area contributed by atoms with Crippen molar-refractivity contribution in [2.45, 2.75) is 37.4 Å². The van der Waals surface area contributed by atoms with Gasteiger partial charge in [-0.2, -0.15) is 41.3 Å². The molecule has 2 atom stereocenters. The lowest BCUT2D eigenvalue weighted by atomic mass is 10.1. The Bertz CT molecular complexity index is 2300. The smallest absolute Gasteiger partial charge is 0.422 e. The number of nitrogens with zero attached hydrogens (tertiary/aromatic N) is 8. The van der Waals surface area contributed by atoms with Gasteiger partial charge in [-0.1, -0.05) is 0 Å². The van der Waals surface area contributed by atoms with E-state index in [4.69, 9.17) is 9.47 Å². The summed E-state index contributed by atoms with van der Waals surface area (Å²) in [5.41, 5.74) is -2.32. The highest BCUT2D eigenvalue weighted by Gasteiger charge is 2.53. The van der Waals surface area contributed by atoms with Crippen molar-refractivity contribution >= 4 is 28.6 Å². The highest BCUT2D eigenvalue weighted by molar-refractivity contribution is 5.97. The highest BCUT2D eigenvalue weighted by atomic mass is 19.4. The second-order valence-electron chi connectivity index (χ2n) is 12.3. The summed E-state index contributed by atoms with van der Waals surface area (Å²) in [4.78, 5) is 67.2. The predicted molar refractivity (Wildman–Crippen MR) is 173 cm³/mol. The normalized spacial score (nSPS) is 16.9. The Morgan fingerprint density at radius 2 is 1.56 bits per heavy atom. The molecule has 7 rings (SSSR count). The third-order valence-electron chi connectivity index (χ3n) is 8.73. The van der Waals surface area contributed by atoms with Crippen LogP contribution in [0.3, 0.4) is 0 Å². The lowest BCUT2D eigenvalue weighted by molar-refractivity contribution is -0.153. The van der Waals surface area contributed by atoms with E-state index >= 15 is 0 Å². The summed E-state index contributed by atoms with van der Waals surface area (Å²) in [6, 6.07) is 9.04. The molecule has 2 aliphatic rings. The largest absolute Gasteiger partial charge is 0.484 e. The Morgan fingerprint density at radius 1 is 0.852 bits per heavy atom. The zero-order valence-corrected chi connectivity index (χ0v) is 27.6. The van der Waals surface area contributed by atoms with Crippen LogP contribution in [0.25, 0.3) is 16.7 Å². The van der Waals surface area contributed by atoms with Gasteiger partial charge in [-0.05, 0) is 61.0 Å². The molecule has 4 heterocycles. The average Bonchev–Trinajstić information content (AvgIpc) is 3.78. The first-order chi connectivity index (χ1) is 25.7. The highest BCUT2D eigenvalue weighted by Crippen LogP contribution is 2.38. The minimum Gasteiger partial charge on any atom is -0.484 e. The van der Waals surface area contributed by atoms with Crippen molar-refractivity contribution in [1.82, 2.24) is 39.3 Å². The Balaban J connectivity index is 1.18. The molecule has 1 aliphatic heterocycles. The summed E-state index contributed by atoms with van der Waals surface area (Å²) in [5, 5.41) is 7.68. The summed E-state index contributed by atoms with van der Waals surface area (Å²) >= 11 is 0. The fraction of sp³-hybridized carbons (Fsp3) is 0.294. The van der Waals surface area contributed by atoms with Gasteiger partial charge in [-0.3, -0.25) is 23.7 Å². The first kappa shape index (κ1) is 36.0. The van der Waals surface area contributed by atoms with Gasteiger partial charge in [0.2, 0.25) is 5.82 Å². The minimum absolute atomic E-state index is 0.0174. The van der Waals surface area contributed by atoms with Crippen LogP contribution in [0, 0.1) is 0 Å². The summed E-state index contributed by atoms with van der Waals surface area (Å²) in [5.74, 6) is -2.81. The molecule has 0 bridgehead atoms. The van der Waals surface area contributed by atoms with Gasteiger partial charge in [0.25, 0.3) is 17.4 Å². The fourth-order valence-corrected chi connectivity index (χ4v) is 6.12. The number of hydrogen-bond acceptors (Lipinski definition) is 10. The second kappa shape index (κ2) is 13.9. The number of pyridine rings is 1. The monoisotopic (exact) mass is 756 g/mol. The number of rotatable bonds is 10. The molecule has 5 aromatic rings. The summed E-state index contributed by atoms with van der Waals surface area (Å²) < 4.78 is 90.0. The van der Waals surface area contributed by atoms with Gasteiger partial charge < -0.3 is 19.3 Å². The molecule has 0 spiro atoms. The van der Waals surface area contributed by atoms with Gasteiger partial charge in [-0.15, -0.1) is 0 Å². The van der Waals surface area contributed by atoms with E-state index in [1.54, 1.807) is 0 Å². The molecule has 1 saturated heterocycles. The number of alkyl halides is 6. The van der Waals surface area contributed by atoms with Gasteiger partial charge in [0.1, 0.15) is 18.0 Å². The van der Waals surface area contributed by atoms with Gasteiger partial charge in [0.05, 0.1) is 41.1 Å². The number of halogens is 6. The first-order valence-electron chi connectivity index (χ1n) is 16.2. The van der Waals surface area contributed by atoms with E-state index in [1.165, 1.54) is 46.6 Å². The van der Waals surface area contributed by atoms with Crippen LogP contribution < -0.4 is 15.0 Å². The number of aromatic nitrogens is 6. The molecule has 0 N–H and O–H groups in total. The van der Waals surface area contributed by atoms with Crippen molar-refractivity contribution < 1.29 is 50.2 Å². The lowest BCUT2D eigenvalue weighted by Crippen LogP contribution is -2.52. The number of carbonyl (C=O) groups is 3. The molecule has 14 nitrogen and oxygen atoms in total. The molecule has 2 aromatic carbocycles. The van der Waals surface area contributed by atoms with Crippen LogP contribution in [-0.4, -0.2) is 101 Å². The number of amides is 2. The van der Waals surface area contributed by atoms with Gasteiger partial charge in [0, 0.05) is 24.8 Å². The molecule has 3 aromatic heterocycles. The zero-order valence-electron chi connectivity index (χ0n) is 27.6. The minimum atomic E-state index is -4.78. The maximum Gasteiger partial charge on any atom is 0.422 e. The van der Waals surface area contributed by atoms with E-state index < -0.39 is 77.9 Å². The number of benzene rings is 2. The van der Waals surface area contributed by atoms with Crippen LogP contribution >= 0.6 is 0 Å². The molecular formula is C34H26F6N8O6. The first-order valence-corrected chi connectivity index (χ1v) is 16.2. The van der Waals surface area contributed by atoms with Gasteiger partial charge in [0.15, 0.2) is 24.6 Å². The summed E-state index contributed by atoms with van der Waals surface area (Å²) in [7, 11) is 0. The van der Waals surface area contributed by atoms with Crippen molar-refractivity contribution in [1.29, 1.82) is 0 Å². The molecule has 54 heavy (non-hydrogen) atoms. The maximum atomic E-state index is 14.3. The third kappa shape index (κ3) is 7.44. The van der Waals surface area contributed by atoms with E-state index in [9.17, 15) is 45.5 Å². The SMILES string of the molecule is O=C(Cn1nccn1)c1ccc(OCC(F)(F)F)c(-n2c(C(=O)N3CCN(C(=O)COc4ccc(C(F)(F)F)cc4)C4CC43)nc3ncccc3c2=O)c1. The van der Waals surface area contributed by atoms with E-state index in [-0.39, 0.29) is 47.7 Å². The standard InChI is InChI=1S/C34H26F6N8O6/c35-33(36,37)18-54-27-8-3-19(26(49)16-47-42-10-11-43-47)14-25(27)48-30(44-29-22(31(48)51)2-1-9-41-29)32(52)46-13-12-45(23-15-24(23)46)28(50)17-53-21-6-4-20(5-7-21)34(38,39)40/h1-11,14,23-24H,12-13,15-18H2. The number of carbonyl (C=O) groups excluding carboxylic acids is 3. The van der Waals surface area contributed by atoms with Crippen molar-refractivity contribution in [3.05, 3.63) is 100 Å². The number of piperazine rings is 1. The zero-order chi connectivity index (χ0) is 38.4. The predicted octanol–water partition coefficient (Wildman–Crippen LogP) is 3.72. The average molecular weight is 757 g/mol. The molecular weight excluding hydrogens is 730 g/mol. The molecule has 280 valence electrons. The van der Waals surface area contributed by atoms with Crippen molar-refractivity contribution in [3.63, 3.8) is 0 Å². The Morgan fingerprint density at radius 3 is 2.26 bits per heavy atom.